The number of hydrogen-bond acceptors (Lipinski definition) is 15. The Morgan fingerprint density at radius 1 is 0.342 bits per heavy atom. The summed E-state index contributed by atoms with van der Waals surface area (Å²) in [5.41, 5.74) is 12.2. The van der Waals surface area contributed by atoms with E-state index in [-0.39, 0.29) is 5.41 Å². The number of anilines is 3. The minimum atomic E-state index is -0.187. The van der Waals surface area contributed by atoms with E-state index in [4.69, 9.17) is 37.9 Å². The third kappa shape index (κ3) is 7.31. The first kappa shape index (κ1) is 45.6. The van der Waals surface area contributed by atoms with E-state index in [9.17, 15) is 0 Å². The summed E-state index contributed by atoms with van der Waals surface area (Å²) in [6.07, 6.45) is 7.22. The number of hydrogen-bond donors (Lipinski definition) is 0. The van der Waals surface area contributed by atoms with Crippen LogP contribution in [0.25, 0.3) is 72.4 Å². The zero-order valence-corrected chi connectivity index (χ0v) is 44.4. The SMILES string of the molecule is CC1(C)c2ccccc2-c2ccc(N(c3ccc(-c4sc(-c5sc(-c6ccncc6)c6c5OCCO6)c5c4OCCO5)cc3)c3ccc(-c4sc(-c5sc(-c6ccncc6)c6c5OCCO6)c5c4OCCO5)cc3)cc21. The van der Waals surface area contributed by atoms with Gasteiger partial charge in [0.1, 0.15) is 52.9 Å². The molecule has 0 fully saturated rings. The third-order valence-electron chi connectivity index (χ3n) is 14.5. The molecule has 0 atom stereocenters. The fraction of sp³-hybridized carbons (Fsp3) is 0.180. The van der Waals surface area contributed by atoms with Crippen LogP contribution >= 0.6 is 45.3 Å². The van der Waals surface area contributed by atoms with Crippen molar-refractivity contribution in [3.8, 4) is 118 Å². The Morgan fingerprint density at radius 2 is 0.658 bits per heavy atom. The Kier molecular flexibility index (Phi) is 10.9. The van der Waals surface area contributed by atoms with Gasteiger partial charge in [0, 0.05) is 47.3 Å². The first-order valence-corrected chi connectivity index (χ1v) is 28.5. The summed E-state index contributed by atoms with van der Waals surface area (Å²) in [5.74, 6) is 5.97. The normalized spacial score (nSPS) is 15.2. The van der Waals surface area contributed by atoms with E-state index in [1.165, 1.54) is 22.3 Å². The Hall–Kier alpha value is -7.82. The van der Waals surface area contributed by atoms with Crippen LogP contribution in [0.3, 0.4) is 0 Å². The van der Waals surface area contributed by atoms with Crippen LogP contribution in [0.2, 0.25) is 0 Å². The molecule has 4 aliphatic heterocycles. The number of aromatic nitrogens is 2. The van der Waals surface area contributed by atoms with Gasteiger partial charge in [-0.3, -0.25) is 9.97 Å². The second-order valence-electron chi connectivity index (χ2n) is 19.3. The number of nitrogens with zero attached hydrogens (tertiary/aromatic N) is 3. The van der Waals surface area contributed by atoms with Gasteiger partial charge in [-0.15, -0.1) is 45.3 Å². The summed E-state index contributed by atoms with van der Waals surface area (Å²) >= 11 is 6.61. The molecule has 0 saturated carbocycles. The maximum absolute atomic E-state index is 6.47. The molecule has 11 nitrogen and oxygen atoms in total. The lowest BCUT2D eigenvalue weighted by Crippen LogP contribution is -2.16. The van der Waals surface area contributed by atoms with Gasteiger partial charge in [-0.1, -0.05) is 68.4 Å². The Balaban J connectivity index is 0.823. The summed E-state index contributed by atoms with van der Waals surface area (Å²) < 4.78 is 51.2. The van der Waals surface area contributed by atoms with Crippen LogP contribution in [0.15, 0.2) is 140 Å². The van der Waals surface area contributed by atoms with Gasteiger partial charge in [0.05, 0.1) is 39.0 Å². The maximum Gasteiger partial charge on any atom is 0.181 e. The minimum absolute atomic E-state index is 0.187. The number of thiophene rings is 4. The van der Waals surface area contributed by atoms with Gasteiger partial charge in [0.2, 0.25) is 0 Å². The molecule has 0 unspecified atom stereocenters. The molecule has 6 aromatic heterocycles. The summed E-state index contributed by atoms with van der Waals surface area (Å²) in [6.45, 7) is 8.41. The average Bonchev–Trinajstić information content (AvgIpc) is 4.38. The predicted molar refractivity (Wildman–Crippen MR) is 302 cm³/mol. The van der Waals surface area contributed by atoms with E-state index < -0.39 is 0 Å². The monoisotopic (exact) mass is 1080 g/mol. The second kappa shape index (κ2) is 18.2. The number of rotatable bonds is 9. The average molecular weight is 1080 g/mol. The molecule has 0 radical (unpaired) electrons. The van der Waals surface area contributed by atoms with Crippen molar-refractivity contribution < 1.29 is 37.9 Å². The first-order valence-electron chi connectivity index (χ1n) is 25.2. The van der Waals surface area contributed by atoms with E-state index in [0.717, 1.165) is 124 Å². The fourth-order valence-electron chi connectivity index (χ4n) is 11.0. The lowest BCUT2D eigenvalue weighted by Gasteiger charge is -2.28. The largest absolute Gasteiger partial charge is 0.485 e. The summed E-state index contributed by atoms with van der Waals surface area (Å²) in [5, 5.41) is 0. The van der Waals surface area contributed by atoms with Crippen LogP contribution in [0.1, 0.15) is 25.0 Å². The van der Waals surface area contributed by atoms with Crippen molar-refractivity contribution in [3.63, 3.8) is 0 Å². The van der Waals surface area contributed by atoms with Gasteiger partial charge in [0.25, 0.3) is 0 Å². The molecule has 0 saturated heterocycles. The molecule has 0 bridgehead atoms. The van der Waals surface area contributed by atoms with Crippen molar-refractivity contribution in [1.29, 1.82) is 0 Å². The maximum atomic E-state index is 6.47. The smallest absolute Gasteiger partial charge is 0.181 e. The first-order chi connectivity index (χ1) is 37.5. The van der Waals surface area contributed by atoms with Crippen molar-refractivity contribution in [3.05, 3.63) is 151 Å². The number of benzene rings is 4. The van der Waals surface area contributed by atoms with Gasteiger partial charge < -0.3 is 42.8 Å². The Morgan fingerprint density at radius 3 is 1.04 bits per heavy atom. The van der Waals surface area contributed by atoms with Gasteiger partial charge in [-0.05, 0) is 105 Å². The van der Waals surface area contributed by atoms with E-state index in [2.05, 4.69) is 120 Å². The summed E-state index contributed by atoms with van der Waals surface area (Å²) in [6, 6.07) is 41.3. The fourth-order valence-corrected chi connectivity index (χ4v) is 16.0. The lowest BCUT2D eigenvalue weighted by molar-refractivity contribution is 0.172. The van der Waals surface area contributed by atoms with Crippen LogP contribution < -0.4 is 42.8 Å². The highest BCUT2D eigenvalue weighted by atomic mass is 32.1. The number of ether oxygens (including phenoxy) is 8. The highest BCUT2D eigenvalue weighted by Gasteiger charge is 2.38. The highest BCUT2D eigenvalue weighted by Crippen LogP contribution is 2.63. The number of pyridine rings is 2. The third-order valence-corrected chi connectivity index (χ3v) is 19.6. The Bertz CT molecular complexity index is 3680. The molecule has 5 aliphatic rings. The van der Waals surface area contributed by atoms with Crippen LogP contribution in [0, 0.1) is 0 Å². The van der Waals surface area contributed by atoms with Crippen LogP contribution in [0.4, 0.5) is 17.1 Å². The van der Waals surface area contributed by atoms with E-state index in [1.807, 2.05) is 24.3 Å². The zero-order valence-electron chi connectivity index (χ0n) is 41.2. The van der Waals surface area contributed by atoms with Crippen LogP contribution in [-0.4, -0.2) is 62.8 Å². The molecule has 10 aromatic rings. The molecule has 15 rings (SSSR count). The van der Waals surface area contributed by atoms with Crippen LogP contribution in [-0.2, 0) is 5.41 Å². The van der Waals surface area contributed by atoms with Gasteiger partial charge >= 0.3 is 0 Å². The molecule has 0 N–H and O–H groups in total. The van der Waals surface area contributed by atoms with E-state index in [1.54, 1.807) is 70.1 Å². The standard InChI is InChI=1S/C61H45N3O8S4/c1-61(2)43-6-4-3-5-41(43)42-16-15-40(33-44(42)61)64(38-11-7-34(8-12-38)53-45-49(69-29-25-65-45)57(73-53)59-51-47(67-27-31-71-51)55(75-59)36-17-21-62-22-18-36)39-13-9-35(10-14-39)54-46-50(70-30-26-66-46)58(74-54)60-52-48(68-28-32-72-52)56(76-60)37-19-23-63-24-20-37/h3-24,33H,25-32H2,1-2H3. The van der Waals surface area contributed by atoms with Crippen molar-refractivity contribution in [2.24, 2.45) is 0 Å². The number of fused-ring (bicyclic) bond motifs is 7. The minimum Gasteiger partial charge on any atom is -0.485 e. The molecular formula is C61H45N3O8S4. The molecule has 1 aliphatic carbocycles. The molecule has 15 heteroatoms. The van der Waals surface area contributed by atoms with E-state index in [0.29, 0.717) is 52.9 Å². The van der Waals surface area contributed by atoms with Gasteiger partial charge in [-0.25, -0.2) is 0 Å². The molecule has 376 valence electrons. The summed E-state index contributed by atoms with van der Waals surface area (Å²) in [4.78, 5) is 18.7. The molecule has 0 spiro atoms. The molecular weight excluding hydrogens is 1030 g/mol. The van der Waals surface area contributed by atoms with Crippen molar-refractivity contribution in [2.75, 3.05) is 57.8 Å². The molecule has 0 amide bonds. The highest BCUT2D eigenvalue weighted by molar-refractivity contribution is 7.27. The predicted octanol–water partition coefficient (Wildman–Crippen LogP) is 15.6. The second-order valence-corrected chi connectivity index (χ2v) is 23.3. The topological polar surface area (TPSA) is 103 Å². The molecule has 4 aromatic carbocycles. The van der Waals surface area contributed by atoms with Gasteiger partial charge in [0.15, 0.2) is 46.0 Å². The van der Waals surface area contributed by atoms with Crippen molar-refractivity contribution >= 4 is 62.4 Å². The van der Waals surface area contributed by atoms with Crippen LogP contribution in [0.5, 0.6) is 46.0 Å². The molecule has 10 heterocycles. The van der Waals surface area contributed by atoms with Crippen molar-refractivity contribution in [1.82, 2.24) is 9.97 Å². The summed E-state index contributed by atoms with van der Waals surface area (Å²) in [7, 11) is 0. The molecule has 76 heavy (non-hydrogen) atoms. The van der Waals surface area contributed by atoms with E-state index >= 15 is 0 Å². The Labute approximate surface area is 454 Å². The quantitative estimate of drug-likeness (QED) is 0.138. The lowest BCUT2D eigenvalue weighted by atomic mass is 9.82. The zero-order chi connectivity index (χ0) is 50.5. The van der Waals surface area contributed by atoms with Gasteiger partial charge in [-0.2, -0.15) is 0 Å². The van der Waals surface area contributed by atoms with Crippen molar-refractivity contribution in [2.45, 2.75) is 19.3 Å².